The predicted octanol–water partition coefficient (Wildman–Crippen LogP) is 4.39. The molecule has 3 rings (SSSR count). The third-order valence-corrected chi connectivity index (χ3v) is 3.97. The summed E-state index contributed by atoms with van der Waals surface area (Å²) in [6, 6.07) is 14.3. The number of phenols is 1. The largest absolute Gasteiger partial charge is 0.508 e. The van der Waals surface area contributed by atoms with Gasteiger partial charge in [-0.2, -0.15) is 0 Å². The summed E-state index contributed by atoms with van der Waals surface area (Å²) in [7, 11) is 0. The summed E-state index contributed by atoms with van der Waals surface area (Å²) in [5.74, 6) is 1.79. The Hall–Kier alpha value is -1.98. The number of rotatable bonds is 4. The van der Waals surface area contributed by atoms with Crippen molar-refractivity contribution in [3.63, 3.8) is 0 Å². The highest BCUT2D eigenvalue weighted by Crippen LogP contribution is 2.26. The fourth-order valence-electron chi connectivity index (χ4n) is 1.74. The van der Waals surface area contributed by atoms with Crippen molar-refractivity contribution in [3.05, 3.63) is 59.4 Å². The number of phenolic OH excluding ortho intramolecular Hbond substituents is 1. The van der Waals surface area contributed by atoms with E-state index in [0.29, 0.717) is 22.6 Å². The quantitative estimate of drug-likeness (QED) is 0.723. The Morgan fingerprint density at radius 2 is 1.90 bits per heavy atom. The molecule has 0 amide bonds. The molecule has 0 aliphatic heterocycles. The number of benzene rings is 2. The van der Waals surface area contributed by atoms with Crippen molar-refractivity contribution in [1.29, 1.82) is 0 Å². The van der Waals surface area contributed by atoms with E-state index in [1.807, 2.05) is 18.2 Å². The maximum atomic E-state index is 9.41. The van der Waals surface area contributed by atoms with Crippen molar-refractivity contribution in [1.82, 2.24) is 10.2 Å². The lowest BCUT2D eigenvalue weighted by Crippen LogP contribution is -1.80. The third-order valence-electron chi connectivity index (χ3n) is 2.74. The SMILES string of the molecule is Oc1cccc(SCc2nnc(-c3ccc(Cl)cc3)o2)c1. The molecule has 0 radical (unpaired) electrons. The first-order chi connectivity index (χ1) is 10.2. The number of aromatic hydroxyl groups is 1. The number of nitrogens with zero attached hydrogens (tertiary/aromatic N) is 2. The molecule has 0 unspecified atom stereocenters. The minimum absolute atomic E-state index is 0.243. The Morgan fingerprint density at radius 3 is 2.67 bits per heavy atom. The number of thioether (sulfide) groups is 1. The summed E-state index contributed by atoms with van der Waals surface area (Å²) >= 11 is 7.37. The summed E-state index contributed by atoms with van der Waals surface area (Å²) in [5, 5.41) is 18.1. The first kappa shape index (κ1) is 14.0. The van der Waals surface area contributed by atoms with Gasteiger partial charge in [0.1, 0.15) is 5.75 Å². The normalized spacial score (nSPS) is 10.7. The molecule has 0 saturated carbocycles. The van der Waals surface area contributed by atoms with Gasteiger partial charge in [0, 0.05) is 15.5 Å². The lowest BCUT2D eigenvalue weighted by atomic mass is 10.2. The molecule has 0 aliphatic carbocycles. The molecule has 0 saturated heterocycles. The van der Waals surface area contributed by atoms with Crippen LogP contribution in [0, 0.1) is 0 Å². The average molecular weight is 319 g/mol. The van der Waals surface area contributed by atoms with Crippen molar-refractivity contribution in [2.24, 2.45) is 0 Å². The molecule has 0 aliphatic rings. The average Bonchev–Trinajstić information content (AvgIpc) is 2.95. The third kappa shape index (κ3) is 3.56. The van der Waals surface area contributed by atoms with Gasteiger partial charge in [-0.3, -0.25) is 0 Å². The second-order valence-electron chi connectivity index (χ2n) is 4.29. The molecular weight excluding hydrogens is 308 g/mol. The lowest BCUT2D eigenvalue weighted by molar-refractivity contribution is 0.474. The van der Waals surface area contributed by atoms with Crippen LogP contribution in [0.4, 0.5) is 0 Å². The van der Waals surface area contributed by atoms with Gasteiger partial charge in [0.2, 0.25) is 11.8 Å². The van der Waals surface area contributed by atoms with Gasteiger partial charge in [0.05, 0.1) is 5.75 Å². The Balaban J connectivity index is 1.69. The van der Waals surface area contributed by atoms with Crippen LogP contribution in [-0.4, -0.2) is 15.3 Å². The second kappa shape index (κ2) is 6.20. The monoisotopic (exact) mass is 318 g/mol. The van der Waals surface area contributed by atoms with Crippen molar-refractivity contribution >= 4 is 23.4 Å². The van der Waals surface area contributed by atoms with Crippen LogP contribution in [0.5, 0.6) is 5.75 Å². The zero-order valence-electron chi connectivity index (χ0n) is 10.9. The van der Waals surface area contributed by atoms with Crippen molar-refractivity contribution in [2.75, 3.05) is 0 Å². The van der Waals surface area contributed by atoms with Crippen LogP contribution < -0.4 is 0 Å². The summed E-state index contributed by atoms with van der Waals surface area (Å²) in [4.78, 5) is 0.946. The highest BCUT2D eigenvalue weighted by molar-refractivity contribution is 7.98. The van der Waals surface area contributed by atoms with E-state index in [1.54, 1.807) is 30.3 Å². The zero-order valence-corrected chi connectivity index (χ0v) is 12.4. The van der Waals surface area contributed by atoms with E-state index in [2.05, 4.69) is 10.2 Å². The second-order valence-corrected chi connectivity index (χ2v) is 5.78. The summed E-state index contributed by atoms with van der Waals surface area (Å²) in [6.45, 7) is 0. The maximum absolute atomic E-state index is 9.41. The molecule has 1 heterocycles. The van der Waals surface area contributed by atoms with Crippen molar-refractivity contribution in [2.45, 2.75) is 10.6 Å². The fraction of sp³-hybridized carbons (Fsp3) is 0.0667. The molecule has 0 fully saturated rings. The Bertz CT molecular complexity index is 743. The number of hydrogen-bond acceptors (Lipinski definition) is 5. The van der Waals surface area contributed by atoms with E-state index in [4.69, 9.17) is 16.0 Å². The van der Waals surface area contributed by atoms with Crippen LogP contribution in [-0.2, 0) is 5.75 Å². The van der Waals surface area contributed by atoms with Crippen molar-refractivity contribution < 1.29 is 9.52 Å². The zero-order chi connectivity index (χ0) is 14.7. The molecular formula is C15H11ClN2O2S. The Labute approximate surface area is 130 Å². The molecule has 21 heavy (non-hydrogen) atoms. The number of aromatic nitrogens is 2. The van der Waals surface area contributed by atoms with Crippen LogP contribution in [0.3, 0.4) is 0 Å². The maximum Gasteiger partial charge on any atom is 0.247 e. The van der Waals surface area contributed by atoms with E-state index in [1.165, 1.54) is 11.8 Å². The van der Waals surface area contributed by atoms with Crippen LogP contribution >= 0.6 is 23.4 Å². The highest BCUT2D eigenvalue weighted by atomic mass is 35.5. The molecule has 0 bridgehead atoms. The molecule has 1 N–H and O–H groups in total. The standard InChI is InChI=1S/C15H11ClN2O2S/c16-11-6-4-10(5-7-11)15-18-17-14(20-15)9-21-13-3-1-2-12(19)8-13/h1-8,19H,9H2. The van der Waals surface area contributed by atoms with E-state index in [0.717, 1.165) is 10.5 Å². The number of halogens is 1. The molecule has 106 valence electrons. The van der Waals surface area contributed by atoms with Crippen molar-refractivity contribution in [3.8, 4) is 17.2 Å². The molecule has 6 heteroatoms. The van der Waals surface area contributed by atoms with Gasteiger partial charge >= 0.3 is 0 Å². The van der Waals surface area contributed by atoms with E-state index >= 15 is 0 Å². The minimum Gasteiger partial charge on any atom is -0.508 e. The first-order valence-corrected chi connectivity index (χ1v) is 7.57. The highest BCUT2D eigenvalue weighted by Gasteiger charge is 2.09. The summed E-state index contributed by atoms with van der Waals surface area (Å²) in [5.41, 5.74) is 0.834. The van der Waals surface area contributed by atoms with Gasteiger partial charge in [0.25, 0.3) is 0 Å². The lowest BCUT2D eigenvalue weighted by Gasteiger charge is -1.99. The summed E-state index contributed by atoms with van der Waals surface area (Å²) < 4.78 is 5.61. The molecule has 3 aromatic rings. The van der Waals surface area contributed by atoms with Gasteiger partial charge in [-0.05, 0) is 42.5 Å². The van der Waals surface area contributed by atoms with E-state index in [-0.39, 0.29) is 5.75 Å². The first-order valence-electron chi connectivity index (χ1n) is 6.21. The van der Waals surface area contributed by atoms with Crippen LogP contribution in [0.2, 0.25) is 5.02 Å². The summed E-state index contributed by atoms with van der Waals surface area (Å²) in [6.07, 6.45) is 0. The molecule has 2 aromatic carbocycles. The van der Waals surface area contributed by atoms with Gasteiger partial charge in [-0.1, -0.05) is 17.7 Å². The van der Waals surface area contributed by atoms with Gasteiger partial charge in [-0.25, -0.2) is 0 Å². The predicted molar refractivity (Wildman–Crippen MR) is 82.4 cm³/mol. The topological polar surface area (TPSA) is 59.2 Å². The van der Waals surface area contributed by atoms with Crippen LogP contribution in [0.25, 0.3) is 11.5 Å². The molecule has 4 nitrogen and oxygen atoms in total. The van der Waals surface area contributed by atoms with E-state index in [9.17, 15) is 5.11 Å². The Morgan fingerprint density at radius 1 is 1.10 bits per heavy atom. The number of hydrogen-bond donors (Lipinski definition) is 1. The van der Waals surface area contributed by atoms with Gasteiger partial charge < -0.3 is 9.52 Å². The smallest absolute Gasteiger partial charge is 0.247 e. The van der Waals surface area contributed by atoms with Gasteiger partial charge in [-0.15, -0.1) is 22.0 Å². The van der Waals surface area contributed by atoms with Crippen LogP contribution in [0.1, 0.15) is 5.89 Å². The fourth-order valence-corrected chi connectivity index (χ4v) is 2.65. The molecule has 1 aromatic heterocycles. The van der Waals surface area contributed by atoms with Gasteiger partial charge in [0.15, 0.2) is 0 Å². The molecule has 0 spiro atoms. The van der Waals surface area contributed by atoms with Crippen LogP contribution in [0.15, 0.2) is 57.8 Å². The Kier molecular flexibility index (Phi) is 4.13. The molecule has 0 atom stereocenters. The van der Waals surface area contributed by atoms with E-state index < -0.39 is 0 Å². The minimum atomic E-state index is 0.243.